The highest BCUT2D eigenvalue weighted by molar-refractivity contribution is 7.89. The summed E-state index contributed by atoms with van der Waals surface area (Å²) in [4.78, 5) is 27.1. The number of rotatable bonds is 5. The third-order valence-electron chi connectivity index (χ3n) is 6.74. The molecule has 0 spiro atoms. The van der Waals surface area contributed by atoms with Gasteiger partial charge in [0.1, 0.15) is 5.60 Å². The van der Waals surface area contributed by atoms with Crippen LogP contribution in [0.2, 0.25) is 0 Å². The molecule has 4 rings (SSSR count). The van der Waals surface area contributed by atoms with Gasteiger partial charge in [0.25, 0.3) is 5.91 Å². The maximum atomic E-state index is 13.5. The number of nitrogens with one attached hydrogen (secondary N) is 2. The van der Waals surface area contributed by atoms with Crippen LogP contribution in [0, 0.1) is 13.8 Å². The van der Waals surface area contributed by atoms with Crippen LogP contribution in [-0.2, 0) is 14.8 Å². The molecular weight excluding hydrogens is 502 g/mol. The Morgan fingerprint density at radius 1 is 0.921 bits per heavy atom. The van der Waals surface area contributed by atoms with Crippen LogP contribution in [0.25, 0.3) is 10.8 Å². The SMILES string of the molecule is Cc1cccc(C(=O)Nc2ccc(S(=O)(=O)NC3CCN(C(=O)OC(C)(C)C)CC3)c3ccccc23)c1C. The number of hydrogen-bond donors (Lipinski definition) is 2. The molecule has 0 aromatic heterocycles. The van der Waals surface area contributed by atoms with Gasteiger partial charge in [0.05, 0.1) is 4.90 Å². The molecule has 0 unspecified atom stereocenters. The molecule has 3 aromatic carbocycles. The predicted octanol–water partition coefficient (Wildman–Crippen LogP) is 5.39. The number of likely N-dealkylation sites (tertiary alicyclic amines) is 1. The van der Waals surface area contributed by atoms with Gasteiger partial charge in [-0.1, -0.05) is 36.4 Å². The molecule has 8 nitrogen and oxygen atoms in total. The molecule has 9 heteroatoms. The normalized spacial score (nSPS) is 14.9. The summed E-state index contributed by atoms with van der Waals surface area (Å²) in [6, 6.07) is 15.5. The van der Waals surface area contributed by atoms with E-state index in [1.54, 1.807) is 35.2 Å². The number of fused-ring (bicyclic) bond motifs is 1. The van der Waals surface area contributed by atoms with E-state index in [0.29, 0.717) is 48.0 Å². The van der Waals surface area contributed by atoms with E-state index < -0.39 is 15.6 Å². The minimum absolute atomic E-state index is 0.146. The Morgan fingerprint density at radius 3 is 2.24 bits per heavy atom. The Labute approximate surface area is 224 Å². The average molecular weight is 538 g/mol. The Morgan fingerprint density at radius 2 is 1.58 bits per heavy atom. The number of piperidine rings is 1. The zero-order valence-corrected chi connectivity index (χ0v) is 23.3. The minimum Gasteiger partial charge on any atom is -0.444 e. The first kappa shape index (κ1) is 27.6. The lowest BCUT2D eigenvalue weighted by molar-refractivity contribution is 0.0203. The van der Waals surface area contributed by atoms with Crippen molar-refractivity contribution in [1.82, 2.24) is 9.62 Å². The van der Waals surface area contributed by atoms with Gasteiger partial charge >= 0.3 is 6.09 Å². The van der Waals surface area contributed by atoms with Crippen LogP contribution in [0.3, 0.4) is 0 Å². The second kappa shape index (κ2) is 10.7. The summed E-state index contributed by atoms with van der Waals surface area (Å²) < 4.78 is 35.1. The van der Waals surface area contributed by atoms with Crippen molar-refractivity contribution in [2.75, 3.05) is 18.4 Å². The quantitative estimate of drug-likeness (QED) is 0.454. The largest absolute Gasteiger partial charge is 0.444 e. The summed E-state index contributed by atoms with van der Waals surface area (Å²) >= 11 is 0. The van der Waals surface area contributed by atoms with Crippen LogP contribution in [-0.4, -0.2) is 50.1 Å². The molecule has 2 N–H and O–H groups in total. The van der Waals surface area contributed by atoms with Gasteiger partial charge in [-0.3, -0.25) is 4.79 Å². The van der Waals surface area contributed by atoms with Gasteiger partial charge in [0, 0.05) is 41.2 Å². The van der Waals surface area contributed by atoms with Gasteiger partial charge in [0.2, 0.25) is 10.0 Å². The Kier molecular flexibility index (Phi) is 7.80. The summed E-state index contributed by atoms with van der Waals surface area (Å²) in [5.41, 5.74) is 2.45. The molecule has 2 amide bonds. The Balaban J connectivity index is 1.52. The lowest BCUT2D eigenvalue weighted by atomic mass is 10.0. The summed E-state index contributed by atoms with van der Waals surface area (Å²) in [6.07, 6.45) is 0.587. The van der Waals surface area contributed by atoms with E-state index in [1.165, 1.54) is 6.07 Å². The molecule has 1 heterocycles. The number of carbonyl (C=O) groups excluding carboxylic acids is 2. The Hall–Kier alpha value is -3.43. The first-order chi connectivity index (χ1) is 17.9. The molecule has 0 saturated carbocycles. The number of amides is 2. The fourth-order valence-corrected chi connectivity index (χ4v) is 6.11. The fraction of sp³-hybridized carbons (Fsp3) is 0.379. The molecule has 38 heavy (non-hydrogen) atoms. The number of carbonyl (C=O) groups is 2. The molecule has 1 aliphatic heterocycles. The van der Waals surface area contributed by atoms with E-state index in [2.05, 4.69) is 10.0 Å². The van der Waals surface area contributed by atoms with E-state index in [0.717, 1.165) is 11.1 Å². The van der Waals surface area contributed by atoms with Crippen molar-refractivity contribution in [3.05, 3.63) is 71.3 Å². The first-order valence-corrected chi connectivity index (χ1v) is 14.2. The Bertz CT molecular complexity index is 1470. The van der Waals surface area contributed by atoms with Crippen LogP contribution in [0.4, 0.5) is 10.5 Å². The van der Waals surface area contributed by atoms with Crippen molar-refractivity contribution < 1.29 is 22.7 Å². The van der Waals surface area contributed by atoms with Crippen molar-refractivity contribution >= 4 is 38.5 Å². The van der Waals surface area contributed by atoms with Crippen LogP contribution < -0.4 is 10.0 Å². The van der Waals surface area contributed by atoms with Crippen molar-refractivity contribution in [2.45, 2.75) is 64.0 Å². The molecule has 3 aromatic rings. The van der Waals surface area contributed by atoms with Gasteiger partial charge < -0.3 is 15.0 Å². The third-order valence-corrected chi connectivity index (χ3v) is 8.32. The number of aryl methyl sites for hydroxylation is 1. The van der Waals surface area contributed by atoms with E-state index in [-0.39, 0.29) is 22.9 Å². The maximum absolute atomic E-state index is 13.5. The monoisotopic (exact) mass is 537 g/mol. The van der Waals surface area contributed by atoms with Crippen molar-refractivity contribution in [1.29, 1.82) is 0 Å². The van der Waals surface area contributed by atoms with Gasteiger partial charge in [-0.2, -0.15) is 0 Å². The zero-order valence-electron chi connectivity index (χ0n) is 22.5. The number of nitrogens with zero attached hydrogens (tertiary/aromatic N) is 1. The van der Waals surface area contributed by atoms with Crippen LogP contribution in [0.5, 0.6) is 0 Å². The van der Waals surface area contributed by atoms with E-state index in [1.807, 2.05) is 52.8 Å². The molecule has 202 valence electrons. The number of ether oxygens (including phenoxy) is 1. The summed E-state index contributed by atoms with van der Waals surface area (Å²) in [5.74, 6) is -0.248. The second-order valence-corrected chi connectivity index (χ2v) is 12.4. The van der Waals surface area contributed by atoms with Crippen LogP contribution in [0.1, 0.15) is 55.1 Å². The summed E-state index contributed by atoms with van der Waals surface area (Å²) in [5, 5.41) is 4.11. The van der Waals surface area contributed by atoms with Gasteiger partial charge in [-0.25, -0.2) is 17.9 Å². The van der Waals surface area contributed by atoms with Crippen molar-refractivity contribution in [2.24, 2.45) is 0 Å². The number of hydrogen-bond acceptors (Lipinski definition) is 5. The van der Waals surface area contributed by atoms with E-state index >= 15 is 0 Å². The average Bonchev–Trinajstić information content (AvgIpc) is 2.85. The van der Waals surface area contributed by atoms with Gasteiger partial charge in [-0.05, 0) is 76.8 Å². The smallest absolute Gasteiger partial charge is 0.410 e. The topological polar surface area (TPSA) is 105 Å². The molecular formula is C29H35N3O5S. The standard InChI is InChI=1S/C29H35N3O5S/c1-19-9-8-12-22(20(19)2)27(33)30-25-13-14-26(24-11-7-6-10-23(24)25)38(35,36)31-21-15-17-32(18-16-21)28(34)37-29(3,4)5/h6-14,21,31H,15-18H2,1-5H3,(H,30,33). The lowest BCUT2D eigenvalue weighted by Gasteiger charge is -2.33. The summed E-state index contributed by atoms with van der Waals surface area (Å²) in [7, 11) is -3.86. The van der Waals surface area contributed by atoms with Gasteiger partial charge in [0.15, 0.2) is 0 Å². The molecule has 1 aliphatic rings. The van der Waals surface area contributed by atoms with Gasteiger partial charge in [-0.15, -0.1) is 0 Å². The third kappa shape index (κ3) is 6.16. The second-order valence-electron chi connectivity index (χ2n) is 10.7. The van der Waals surface area contributed by atoms with E-state index in [4.69, 9.17) is 4.74 Å². The predicted molar refractivity (Wildman–Crippen MR) is 149 cm³/mol. The van der Waals surface area contributed by atoms with Crippen LogP contribution in [0.15, 0.2) is 59.5 Å². The maximum Gasteiger partial charge on any atom is 0.410 e. The highest BCUT2D eigenvalue weighted by Gasteiger charge is 2.30. The highest BCUT2D eigenvalue weighted by Crippen LogP contribution is 2.31. The molecule has 1 fully saturated rings. The summed E-state index contributed by atoms with van der Waals surface area (Å²) in [6.45, 7) is 10.1. The van der Waals surface area contributed by atoms with Crippen LogP contribution >= 0.6 is 0 Å². The molecule has 0 radical (unpaired) electrons. The number of anilines is 1. The molecule has 0 aliphatic carbocycles. The molecule has 0 atom stereocenters. The highest BCUT2D eigenvalue weighted by atomic mass is 32.2. The minimum atomic E-state index is -3.86. The molecule has 0 bridgehead atoms. The molecule has 1 saturated heterocycles. The van der Waals surface area contributed by atoms with Crippen molar-refractivity contribution in [3.63, 3.8) is 0 Å². The van der Waals surface area contributed by atoms with Crippen molar-refractivity contribution in [3.8, 4) is 0 Å². The zero-order chi connectivity index (χ0) is 27.7. The lowest BCUT2D eigenvalue weighted by Crippen LogP contribution is -2.47. The first-order valence-electron chi connectivity index (χ1n) is 12.8. The number of sulfonamides is 1. The fourth-order valence-electron chi connectivity index (χ4n) is 4.59. The number of benzene rings is 3. The van der Waals surface area contributed by atoms with E-state index in [9.17, 15) is 18.0 Å².